The zero-order chi connectivity index (χ0) is 12.5. The molecule has 1 N–H and O–H groups in total. The molecule has 0 aromatic heterocycles. The van der Waals surface area contributed by atoms with E-state index in [-0.39, 0.29) is 17.2 Å². The number of anilines is 1. The van der Waals surface area contributed by atoms with Crippen LogP contribution in [0.1, 0.15) is 19.4 Å². The molecule has 0 amide bonds. The van der Waals surface area contributed by atoms with Crippen molar-refractivity contribution in [1.29, 1.82) is 0 Å². The molecule has 0 atom stereocenters. The molecule has 0 aliphatic carbocycles. The zero-order valence-electron chi connectivity index (χ0n) is 10.2. The van der Waals surface area contributed by atoms with Crippen LogP contribution < -0.4 is 4.90 Å². The van der Waals surface area contributed by atoms with Crippen molar-refractivity contribution < 1.29 is 9.50 Å². The van der Waals surface area contributed by atoms with Crippen LogP contribution in [0.3, 0.4) is 0 Å². The normalized spacial score (nSPS) is 19.4. The van der Waals surface area contributed by atoms with Gasteiger partial charge in [0.05, 0.1) is 12.3 Å². The Morgan fingerprint density at radius 2 is 2.24 bits per heavy atom. The first kappa shape index (κ1) is 12.7. The van der Waals surface area contributed by atoms with E-state index in [1.165, 1.54) is 6.07 Å². The van der Waals surface area contributed by atoms with Gasteiger partial charge in [-0.15, -0.1) is 0 Å². The Bertz CT molecular complexity index is 408. The van der Waals surface area contributed by atoms with Gasteiger partial charge in [-0.2, -0.15) is 11.8 Å². The highest BCUT2D eigenvalue weighted by Gasteiger charge is 2.29. The van der Waals surface area contributed by atoms with Gasteiger partial charge in [0.1, 0.15) is 5.82 Å². The number of thioether (sulfide) groups is 1. The lowest BCUT2D eigenvalue weighted by Gasteiger charge is -2.39. The fourth-order valence-electron chi connectivity index (χ4n) is 2.25. The number of benzene rings is 1. The number of halogens is 1. The maximum Gasteiger partial charge on any atom is 0.146 e. The molecule has 1 fully saturated rings. The van der Waals surface area contributed by atoms with E-state index in [0.29, 0.717) is 11.3 Å². The first-order valence-corrected chi connectivity index (χ1v) is 6.79. The van der Waals surface area contributed by atoms with Crippen LogP contribution >= 0.6 is 11.8 Å². The molecule has 4 heteroatoms. The Hall–Kier alpha value is -0.740. The van der Waals surface area contributed by atoms with E-state index < -0.39 is 0 Å². The van der Waals surface area contributed by atoms with E-state index in [1.807, 2.05) is 11.8 Å². The van der Waals surface area contributed by atoms with Gasteiger partial charge in [0.2, 0.25) is 0 Å². The number of nitrogens with zero attached hydrogens (tertiary/aromatic N) is 1. The third kappa shape index (κ3) is 2.75. The fourth-order valence-corrected chi connectivity index (χ4v) is 3.36. The minimum atomic E-state index is -0.237. The molecule has 0 unspecified atom stereocenters. The summed E-state index contributed by atoms with van der Waals surface area (Å²) in [5.41, 5.74) is 1.25. The van der Waals surface area contributed by atoms with Crippen molar-refractivity contribution in [3.8, 4) is 0 Å². The van der Waals surface area contributed by atoms with E-state index in [0.717, 1.165) is 18.8 Å². The molecule has 2 rings (SSSR count). The van der Waals surface area contributed by atoms with Crippen LogP contribution in [0.15, 0.2) is 18.2 Å². The van der Waals surface area contributed by atoms with Crippen molar-refractivity contribution in [2.24, 2.45) is 0 Å². The lowest BCUT2D eigenvalue weighted by Crippen LogP contribution is -2.43. The molecular weight excluding hydrogens is 237 g/mol. The van der Waals surface area contributed by atoms with Crippen molar-refractivity contribution >= 4 is 17.4 Å². The van der Waals surface area contributed by atoms with Crippen molar-refractivity contribution in [3.05, 3.63) is 29.6 Å². The molecule has 0 spiro atoms. The Morgan fingerprint density at radius 3 is 2.88 bits per heavy atom. The fraction of sp³-hybridized carbons (Fsp3) is 0.538. The maximum atomic E-state index is 13.9. The van der Waals surface area contributed by atoms with Crippen LogP contribution in [0.2, 0.25) is 0 Å². The van der Waals surface area contributed by atoms with Crippen LogP contribution in [0.4, 0.5) is 10.1 Å². The van der Waals surface area contributed by atoms with E-state index >= 15 is 0 Å². The molecule has 0 saturated carbocycles. The summed E-state index contributed by atoms with van der Waals surface area (Å²) in [6, 6.07) is 4.89. The lowest BCUT2D eigenvalue weighted by molar-refractivity contribution is 0.281. The minimum Gasteiger partial charge on any atom is -0.392 e. The first-order valence-electron chi connectivity index (χ1n) is 5.81. The largest absolute Gasteiger partial charge is 0.392 e. The van der Waals surface area contributed by atoms with E-state index in [4.69, 9.17) is 0 Å². The summed E-state index contributed by atoms with van der Waals surface area (Å²) >= 11 is 1.91. The molecule has 94 valence electrons. The monoisotopic (exact) mass is 255 g/mol. The Balaban J connectivity index is 2.33. The predicted octanol–water partition coefficient (Wildman–Crippen LogP) is 2.65. The topological polar surface area (TPSA) is 23.5 Å². The summed E-state index contributed by atoms with van der Waals surface area (Å²) in [5, 5.41) is 9.31. The van der Waals surface area contributed by atoms with Gasteiger partial charge < -0.3 is 10.0 Å². The van der Waals surface area contributed by atoms with Crippen LogP contribution in [-0.2, 0) is 6.61 Å². The molecule has 0 bridgehead atoms. The molecule has 0 radical (unpaired) electrons. The highest BCUT2D eigenvalue weighted by atomic mass is 32.2. The van der Waals surface area contributed by atoms with Crippen molar-refractivity contribution in [2.45, 2.75) is 25.2 Å². The number of hydrogen-bond donors (Lipinski definition) is 1. The summed E-state index contributed by atoms with van der Waals surface area (Å²) in [4.78, 5) is 2.05. The van der Waals surface area contributed by atoms with Gasteiger partial charge in [-0.1, -0.05) is 12.1 Å². The van der Waals surface area contributed by atoms with Gasteiger partial charge in [0.15, 0.2) is 0 Å². The smallest absolute Gasteiger partial charge is 0.146 e. The van der Waals surface area contributed by atoms with Crippen LogP contribution in [0, 0.1) is 5.82 Å². The zero-order valence-corrected chi connectivity index (χ0v) is 11.1. The van der Waals surface area contributed by atoms with Crippen LogP contribution in [-0.4, -0.2) is 28.7 Å². The molecule has 1 saturated heterocycles. The molecule has 1 aromatic carbocycles. The van der Waals surface area contributed by atoms with Gasteiger partial charge in [0.25, 0.3) is 0 Å². The molecule has 1 aliphatic rings. The van der Waals surface area contributed by atoms with Crippen molar-refractivity contribution in [2.75, 3.05) is 23.7 Å². The SMILES string of the molecule is CC1(C)CN(c2c(F)cccc2CO)CCS1. The molecule has 1 aliphatic heterocycles. The standard InChI is InChI=1S/C13H18FNOS/c1-13(2)9-15(6-7-17-13)12-10(8-16)4-3-5-11(12)14/h3-5,16H,6-9H2,1-2H3. The van der Waals surface area contributed by atoms with E-state index in [2.05, 4.69) is 18.7 Å². The molecule has 1 heterocycles. The second-order valence-electron chi connectivity index (χ2n) is 4.94. The number of rotatable bonds is 2. The summed E-state index contributed by atoms with van der Waals surface area (Å²) in [6.45, 7) is 5.87. The molecule has 2 nitrogen and oxygen atoms in total. The molecule has 17 heavy (non-hydrogen) atoms. The second kappa shape index (κ2) is 4.86. The third-order valence-corrected chi connectivity index (χ3v) is 4.28. The average Bonchev–Trinajstić information content (AvgIpc) is 2.27. The van der Waals surface area contributed by atoms with Gasteiger partial charge in [-0.3, -0.25) is 0 Å². The average molecular weight is 255 g/mol. The predicted molar refractivity (Wildman–Crippen MR) is 71.1 cm³/mol. The summed E-state index contributed by atoms with van der Waals surface area (Å²) in [7, 11) is 0. The molecular formula is C13H18FNOS. The highest BCUT2D eigenvalue weighted by molar-refractivity contribution is 8.00. The van der Waals surface area contributed by atoms with Crippen LogP contribution in [0.5, 0.6) is 0 Å². The van der Waals surface area contributed by atoms with E-state index in [1.54, 1.807) is 12.1 Å². The highest BCUT2D eigenvalue weighted by Crippen LogP contribution is 2.34. The molecule has 1 aromatic rings. The Labute approximate surface area is 106 Å². The second-order valence-corrected chi connectivity index (χ2v) is 6.74. The quantitative estimate of drug-likeness (QED) is 0.879. The summed E-state index contributed by atoms with van der Waals surface area (Å²) in [6.07, 6.45) is 0. The third-order valence-electron chi connectivity index (χ3n) is 2.98. The Kier molecular flexibility index (Phi) is 3.64. The van der Waals surface area contributed by atoms with Crippen LogP contribution in [0.25, 0.3) is 0 Å². The van der Waals surface area contributed by atoms with Gasteiger partial charge in [0, 0.05) is 29.2 Å². The number of aliphatic hydroxyl groups excluding tert-OH is 1. The number of hydrogen-bond acceptors (Lipinski definition) is 3. The number of para-hydroxylation sites is 1. The number of aliphatic hydroxyl groups is 1. The van der Waals surface area contributed by atoms with Crippen molar-refractivity contribution in [3.63, 3.8) is 0 Å². The summed E-state index contributed by atoms with van der Waals surface area (Å²) < 4.78 is 14.0. The van der Waals surface area contributed by atoms with Gasteiger partial charge >= 0.3 is 0 Å². The van der Waals surface area contributed by atoms with Gasteiger partial charge in [-0.05, 0) is 19.9 Å². The first-order chi connectivity index (χ1) is 8.03. The van der Waals surface area contributed by atoms with E-state index in [9.17, 15) is 9.50 Å². The lowest BCUT2D eigenvalue weighted by atomic mass is 10.1. The summed E-state index contributed by atoms with van der Waals surface area (Å²) in [5.74, 6) is 0.755. The van der Waals surface area contributed by atoms with Crippen molar-refractivity contribution in [1.82, 2.24) is 0 Å². The minimum absolute atomic E-state index is 0.114. The Morgan fingerprint density at radius 1 is 1.47 bits per heavy atom. The van der Waals surface area contributed by atoms with Gasteiger partial charge in [-0.25, -0.2) is 4.39 Å². The maximum absolute atomic E-state index is 13.9.